The van der Waals surface area contributed by atoms with Crippen molar-refractivity contribution in [3.8, 4) is 23.1 Å². The molecule has 0 saturated carbocycles. The molecule has 2 aliphatic heterocycles. The summed E-state index contributed by atoms with van der Waals surface area (Å²) in [6.45, 7) is 4.45. The zero-order valence-electron chi connectivity index (χ0n) is 29.7. The molecule has 6 aromatic rings. The normalized spacial score (nSPS) is 15.9. The van der Waals surface area contributed by atoms with Crippen LogP contribution in [0.2, 0.25) is 5.02 Å². The summed E-state index contributed by atoms with van der Waals surface area (Å²) >= 11 is 6.64. The molecule has 3 aromatic carbocycles. The molecular formula is C42H38ClN7O3. The number of benzene rings is 3. The van der Waals surface area contributed by atoms with Gasteiger partial charge in [-0.05, 0) is 85.1 Å². The van der Waals surface area contributed by atoms with Crippen LogP contribution in [0.3, 0.4) is 0 Å². The third kappa shape index (κ3) is 6.22. The Balaban J connectivity index is 1.18. The van der Waals surface area contributed by atoms with Crippen LogP contribution in [0.15, 0.2) is 97.3 Å². The van der Waals surface area contributed by atoms with Gasteiger partial charge in [0.25, 0.3) is 11.8 Å². The summed E-state index contributed by atoms with van der Waals surface area (Å²) in [5, 5.41) is 20.8. The lowest BCUT2D eigenvalue weighted by Gasteiger charge is -2.43. The SMILES string of the molecule is Cc1c(C(=O)N(c2ccc(O)cc2)c2cnc3c(ccn3C)c2)cc(-c2cc(Cl)ccc2C(=O)N2Cc3ccccc3C[C@H]2CN2CC(C#N)C2)n1C. The van der Waals surface area contributed by atoms with E-state index in [9.17, 15) is 20.0 Å². The van der Waals surface area contributed by atoms with E-state index in [-0.39, 0.29) is 29.5 Å². The van der Waals surface area contributed by atoms with Crippen LogP contribution in [0, 0.1) is 24.2 Å². The second-order valence-corrected chi connectivity index (χ2v) is 14.5. The number of carbonyl (C=O) groups is 2. The maximum absolute atomic E-state index is 14.8. The van der Waals surface area contributed by atoms with Gasteiger partial charge in [-0.15, -0.1) is 0 Å². The maximum atomic E-state index is 14.8. The molecule has 0 unspecified atom stereocenters. The number of halogens is 1. The molecule has 0 bridgehead atoms. The van der Waals surface area contributed by atoms with E-state index < -0.39 is 0 Å². The van der Waals surface area contributed by atoms with Gasteiger partial charge in [-0.3, -0.25) is 19.4 Å². The summed E-state index contributed by atoms with van der Waals surface area (Å²) < 4.78 is 3.84. The van der Waals surface area contributed by atoms with Crippen molar-refractivity contribution < 1.29 is 14.7 Å². The highest BCUT2D eigenvalue weighted by atomic mass is 35.5. The van der Waals surface area contributed by atoms with Gasteiger partial charge in [-0.1, -0.05) is 35.9 Å². The van der Waals surface area contributed by atoms with E-state index in [4.69, 9.17) is 11.6 Å². The molecule has 1 N–H and O–H groups in total. The molecule has 3 aromatic heterocycles. The first-order valence-corrected chi connectivity index (χ1v) is 18.0. The average molecular weight is 724 g/mol. The second-order valence-electron chi connectivity index (χ2n) is 14.1. The lowest BCUT2D eigenvalue weighted by atomic mass is 9.91. The fourth-order valence-corrected chi connectivity index (χ4v) is 7.87. The molecule has 53 heavy (non-hydrogen) atoms. The monoisotopic (exact) mass is 723 g/mol. The largest absolute Gasteiger partial charge is 0.508 e. The Hall–Kier alpha value is -5.89. The molecule has 8 rings (SSSR count). The molecule has 0 radical (unpaired) electrons. The Kier molecular flexibility index (Phi) is 8.77. The Morgan fingerprint density at radius 1 is 0.962 bits per heavy atom. The van der Waals surface area contributed by atoms with E-state index in [1.165, 1.54) is 5.56 Å². The number of nitrogens with zero attached hydrogens (tertiary/aromatic N) is 7. The number of likely N-dealkylation sites (tertiary alicyclic amines) is 1. The maximum Gasteiger partial charge on any atom is 0.264 e. The lowest BCUT2D eigenvalue weighted by molar-refractivity contribution is 0.0468. The lowest BCUT2D eigenvalue weighted by Crippen LogP contribution is -2.55. The zero-order chi connectivity index (χ0) is 37.0. The number of anilines is 2. The van der Waals surface area contributed by atoms with Crippen LogP contribution in [-0.2, 0) is 27.1 Å². The molecule has 2 aliphatic rings. The van der Waals surface area contributed by atoms with Crippen LogP contribution < -0.4 is 4.90 Å². The minimum atomic E-state index is -0.292. The first-order valence-electron chi connectivity index (χ1n) is 17.6. The Morgan fingerprint density at radius 3 is 2.47 bits per heavy atom. The van der Waals surface area contributed by atoms with Crippen LogP contribution in [0.1, 0.15) is 37.5 Å². The number of phenols is 1. The number of fused-ring (bicyclic) bond motifs is 2. The Labute approximate surface area is 312 Å². The molecule has 2 amide bonds. The highest BCUT2D eigenvalue weighted by Crippen LogP contribution is 2.36. The fraction of sp³-hybridized carbons (Fsp3) is 0.238. The number of aryl methyl sites for hydroxylation is 1. The Morgan fingerprint density at radius 2 is 1.72 bits per heavy atom. The van der Waals surface area contributed by atoms with Crippen molar-refractivity contribution in [1.82, 2.24) is 23.9 Å². The molecule has 11 heteroatoms. The van der Waals surface area contributed by atoms with Crippen LogP contribution in [-0.4, -0.2) is 66.5 Å². The van der Waals surface area contributed by atoms with Crippen LogP contribution in [0.4, 0.5) is 11.4 Å². The van der Waals surface area contributed by atoms with Gasteiger partial charge < -0.3 is 19.1 Å². The van der Waals surface area contributed by atoms with E-state index in [0.717, 1.165) is 23.0 Å². The molecule has 0 aliphatic carbocycles. The third-order valence-corrected chi connectivity index (χ3v) is 11.0. The van der Waals surface area contributed by atoms with Gasteiger partial charge in [0.1, 0.15) is 11.4 Å². The highest BCUT2D eigenvalue weighted by molar-refractivity contribution is 6.31. The van der Waals surface area contributed by atoms with Gasteiger partial charge in [0.05, 0.1) is 29.4 Å². The summed E-state index contributed by atoms with van der Waals surface area (Å²) in [6, 6.07) is 28.0. The first-order chi connectivity index (χ1) is 25.6. The van der Waals surface area contributed by atoms with Crippen molar-refractivity contribution in [2.24, 2.45) is 20.0 Å². The summed E-state index contributed by atoms with van der Waals surface area (Å²) in [5.74, 6) is -0.296. The molecule has 10 nitrogen and oxygen atoms in total. The number of phenolic OH excluding ortho intramolecular Hbond substituents is 1. The molecule has 0 spiro atoms. The van der Waals surface area contributed by atoms with E-state index in [2.05, 4.69) is 28.1 Å². The van der Waals surface area contributed by atoms with Crippen molar-refractivity contribution in [3.63, 3.8) is 0 Å². The molecule has 1 atom stereocenters. The van der Waals surface area contributed by atoms with E-state index in [0.29, 0.717) is 70.7 Å². The van der Waals surface area contributed by atoms with Crippen LogP contribution in [0.25, 0.3) is 22.3 Å². The first kappa shape index (κ1) is 34.2. The number of aromatic nitrogens is 3. The number of aromatic hydroxyl groups is 1. The Bertz CT molecular complexity index is 2440. The van der Waals surface area contributed by atoms with Crippen LogP contribution >= 0.6 is 11.6 Å². The quantitative estimate of drug-likeness (QED) is 0.186. The number of rotatable bonds is 7. The zero-order valence-corrected chi connectivity index (χ0v) is 30.5. The molecule has 1 saturated heterocycles. The standard InChI is InChI=1S/C42H38ClN7O3/c1-26-37(42(53)50(32-9-11-35(51)12-10-32)33-17-29-14-15-46(2)40(29)45-21-33)19-39(47(26)3)38-18-31(43)8-13-36(38)41(52)49-24-30-7-5-4-6-28(30)16-34(49)25-48-22-27(20-44)23-48/h4-15,17-19,21,27,34,51H,16,22-25H2,1-3H3/t34-/m0/s1. The number of hydrogen-bond acceptors (Lipinski definition) is 6. The summed E-state index contributed by atoms with van der Waals surface area (Å²) in [6.07, 6.45) is 4.32. The van der Waals surface area contributed by atoms with Gasteiger partial charge >= 0.3 is 0 Å². The summed E-state index contributed by atoms with van der Waals surface area (Å²) in [5.41, 5.74) is 7.21. The summed E-state index contributed by atoms with van der Waals surface area (Å²) in [4.78, 5) is 40.0. The van der Waals surface area contributed by atoms with E-state index in [1.54, 1.807) is 53.6 Å². The molecule has 266 valence electrons. The second kappa shape index (κ2) is 13.6. The van der Waals surface area contributed by atoms with Gasteiger partial charge in [-0.25, -0.2) is 4.98 Å². The van der Waals surface area contributed by atoms with E-state index >= 15 is 0 Å². The number of nitriles is 1. The predicted molar refractivity (Wildman–Crippen MR) is 205 cm³/mol. The summed E-state index contributed by atoms with van der Waals surface area (Å²) in [7, 11) is 3.80. The number of pyridine rings is 1. The molecule has 5 heterocycles. The van der Waals surface area contributed by atoms with Crippen molar-refractivity contribution in [2.45, 2.75) is 25.9 Å². The van der Waals surface area contributed by atoms with Crippen molar-refractivity contribution in [1.29, 1.82) is 5.26 Å². The predicted octanol–water partition coefficient (Wildman–Crippen LogP) is 7.25. The number of amides is 2. The third-order valence-electron chi connectivity index (χ3n) is 10.7. The van der Waals surface area contributed by atoms with Crippen molar-refractivity contribution in [2.75, 3.05) is 24.5 Å². The highest BCUT2D eigenvalue weighted by Gasteiger charge is 2.36. The minimum Gasteiger partial charge on any atom is -0.508 e. The topological polar surface area (TPSA) is 111 Å². The van der Waals surface area contributed by atoms with Gasteiger partial charge in [0.15, 0.2) is 0 Å². The smallest absolute Gasteiger partial charge is 0.264 e. The minimum absolute atomic E-state index is 0.0258. The number of carbonyl (C=O) groups excluding carboxylic acids is 2. The van der Waals surface area contributed by atoms with Gasteiger partial charge in [0.2, 0.25) is 0 Å². The fourth-order valence-electron chi connectivity index (χ4n) is 7.70. The molecular weight excluding hydrogens is 686 g/mol. The average Bonchev–Trinajstić information content (AvgIpc) is 3.67. The van der Waals surface area contributed by atoms with Gasteiger partial charge in [-0.2, -0.15) is 5.26 Å². The van der Waals surface area contributed by atoms with Gasteiger partial charge in [0, 0.05) is 91.1 Å². The van der Waals surface area contributed by atoms with Crippen LogP contribution in [0.5, 0.6) is 5.75 Å². The van der Waals surface area contributed by atoms with Crippen molar-refractivity contribution in [3.05, 3.63) is 130 Å². The van der Waals surface area contributed by atoms with Crippen molar-refractivity contribution >= 4 is 45.8 Å². The van der Waals surface area contributed by atoms with E-state index in [1.807, 2.05) is 71.6 Å². The number of hydrogen-bond donors (Lipinski definition) is 1. The molecule has 1 fully saturated rings.